The van der Waals surface area contributed by atoms with Crippen LogP contribution in [0.5, 0.6) is 0 Å². The molecular formula is C19H21N5O3S. The third kappa shape index (κ3) is 4.44. The Balaban J connectivity index is 1.32. The molecule has 1 aliphatic rings. The zero-order valence-corrected chi connectivity index (χ0v) is 16.2. The second-order valence-corrected chi connectivity index (χ2v) is 7.45. The molecule has 0 bridgehead atoms. The lowest BCUT2D eigenvalue weighted by molar-refractivity contribution is -0.116. The van der Waals surface area contributed by atoms with Gasteiger partial charge in [-0.05, 0) is 12.1 Å². The summed E-state index contributed by atoms with van der Waals surface area (Å²) in [5.74, 6) is -0.174. The maximum absolute atomic E-state index is 12.5. The number of aryl methyl sites for hydroxylation is 1. The van der Waals surface area contributed by atoms with Gasteiger partial charge in [0.15, 0.2) is 5.13 Å². The number of rotatable bonds is 6. The summed E-state index contributed by atoms with van der Waals surface area (Å²) < 4.78 is 6.81. The number of hydrogen-bond acceptors (Lipinski definition) is 7. The van der Waals surface area contributed by atoms with Crippen molar-refractivity contribution in [3.05, 3.63) is 52.0 Å². The molecule has 1 fully saturated rings. The Bertz CT molecular complexity index is 1030. The lowest BCUT2D eigenvalue weighted by Crippen LogP contribution is -2.35. The van der Waals surface area contributed by atoms with Gasteiger partial charge in [-0.2, -0.15) is 0 Å². The maximum atomic E-state index is 12.5. The normalized spacial score (nSPS) is 15.0. The minimum atomic E-state index is -0.174. The van der Waals surface area contributed by atoms with Gasteiger partial charge in [-0.1, -0.05) is 12.1 Å². The van der Waals surface area contributed by atoms with Crippen LogP contribution in [0.15, 0.2) is 40.8 Å². The number of amides is 1. The van der Waals surface area contributed by atoms with Crippen LogP contribution in [0.2, 0.25) is 0 Å². The van der Waals surface area contributed by atoms with E-state index in [-0.39, 0.29) is 24.4 Å². The van der Waals surface area contributed by atoms with Gasteiger partial charge in [-0.3, -0.25) is 19.1 Å². The second-order valence-electron chi connectivity index (χ2n) is 6.59. The van der Waals surface area contributed by atoms with E-state index in [9.17, 15) is 9.59 Å². The van der Waals surface area contributed by atoms with Crippen molar-refractivity contribution in [2.75, 3.05) is 31.6 Å². The first-order valence-electron chi connectivity index (χ1n) is 9.17. The smallest absolute Gasteiger partial charge is 0.261 e. The van der Waals surface area contributed by atoms with Gasteiger partial charge >= 0.3 is 0 Å². The predicted octanol–water partition coefficient (Wildman–Crippen LogP) is 1.71. The van der Waals surface area contributed by atoms with Crippen molar-refractivity contribution in [1.29, 1.82) is 0 Å². The summed E-state index contributed by atoms with van der Waals surface area (Å²) in [5.41, 5.74) is 1.46. The molecule has 2 aromatic heterocycles. The number of nitrogens with zero attached hydrogens (tertiary/aromatic N) is 4. The number of aromatic nitrogens is 3. The van der Waals surface area contributed by atoms with Gasteiger partial charge in [-0.15, -0.1) is 11.3 Å². The van der Waals surface area contributed by atoms with E-state index in [4.69, 9.17) is 4.74 Å². The van der Waals surface area contributed by atoms with E-state index < -0.39 is 0 Å². The highest BCUT2D eigenvalue weighted by molar-refractivity contribution is 7.13. The molecular weight excluding hydrogens is 378 g/mol. The predicted molar refractivity (Wildman–Crippen MR) is 107 cm³/mol. The number of para-hydroxylation sites is 1. The standard InChI is InChI=1S/C19H21N5O3S/c25-17(5-6-24-13-20-16-4-2-1-3-15(16)18(24)26)22-19-21-14(12-28-19)11-23-7-9-27-10-8-23/h1-4,12-13H,5-11H2,(H,21,22,25). The Kier molecular flexibility index (Phi) is 5.75. The van der Waals surface area contributed by atoms with Crippen molar-refractivity contribution < 1.29 is 9.53 Å². The molecule has 8 nitrogen and oxygen atoms in total. The summed E-state index contributed by atoms with van der Waals surface area (Å²) in [5, 5.41) is 5.91. The highest BCUT2D eigenvalue weighted by Crippen LogP contribution is 2.17. The lowest BCUT2D eigenvalue weighted by Gasteiger charge is -2.25. The Labute approximate surface area is 165 Å². The van der Waals surface area contributed by atoms with Gasteiger partial charge in [0, 0.05) is 38.0 Å². The molecule has 0 spiro atoms. The molecule has 1 aromatic carbocycles. The average molecular weight is 399 g/mol. The zero-order chi connectivity index (χ0) is 19.3. The number of benzene rings is 1. The van der Waals surface area contributed by atoms with E-state index in [0.29, 0.717) is 16.0 Å². The van der Waals surface area contributed by atoms with E-state index in [1.165, 1.54) is 22.2 Å². The largest absolute Gasteiger partial charge is 0.379 e. The number of carbonyl (C=O) groups excluding carboxylic acids is 1. The molecule has 1 amide bonds. The van der Waals surface area contributed by atoms with Gasteiger partial charge in [-0.25, -0.2) is 9.97 Å². The third-order valence-corrected chi connectivity index (χ3v) is 5.41. The number of fused-ring (bicyclic) bond motifs is 1. The van der Waals surface area contributed by atoms with Crippen molar-refractivity contribution in [3.8, 4) is 0 Å². The number of carbonyl (C=O) groups is 1. The summed E-state index contributed by atoms with van der Waals surface area (Å²) in [6.07, 6.45) is 1.67. The monoisotopic (exact) mass is 399 g/mol. The summed E-state index contributed by atoms with van der Waals surface area (Å²) >= 11 is 1.41. The van der Waals surface area contributed by atoms with Crippen LogP contribution in [-0.4, -0.2) is 51.6 Å². The molecule has 9 heteroatoms. The van der Waals surface area contributed by atoms with Gasteiger partial charge in [0.25, 0.3) is 5.56 Å². The van der Waals surface area contributed by atoms with Crippen molar-refractivity contribution in [3.63, 3.8) is 0 Å². The van der Waals surface area contributed by atoms with Gasteiger partial charge in [0.1, 0.15) is 0 Å². The first-order valence-corrected chi connectivity index (χ1v) is 10.1. The fraction of sp³-hybridized carbons (Fsp3) is 0.368. The molecule has 4 rings (SSSR count). The lowest BCUT2D eigenvalue weighted by atomic mass is 10.2. The summed E-state index contributed by atoms with van der Waals surface area (Å²) in [7, 11) is 0. The molecule has 1 aliphatic heterocycles. The van der Waals surface area contributed by atoms with Crippen molar-refractivity contribution in [2.45, 2.75) is 19.5 Å². The Morgan fingerprint density at radius 2 is 2.07 bits per heavy atom. The minimum absolute atomic E-state index is 0.138. The molecule has 146 valence electrons. The van der Waals surface area contributed by atoms with Gasteiger partial charge in [0.05, 0.1) is 36.1 Å². The molecule has 1 N–H and O–H groups in total. The SMILES string of the molecule is O=C(CCn1cnc2ccccc2c1=O)Nc1nc(CN2CCOCC2)cs1. The second kappa shape index (κ2) is 8.59. The Hall–Kier alpha value is -2.62. The minimum Gasteiger partial charge on any atom is -0.379 e. The van der Waals surface area contributed by atoms with Crippen molar-refractivity contribution in [2.24, 2.45) is 0 Å². The van der Waals surface area contributed by atoms with Crippen molar-refractivity contribution >= 4 is 33.3 Å². The van der Waals surface area contributed by atoms with E-state index >= 15 is 0 Å². The molecule has 0 unspecified atom stereocenters. The van der Waals surface area contributed by atoms with Crippen LogP contribution in [0.3, 0.4) is 0 Å². The number of thiazole rings is 1. The molecule has 1 saturated heterocycles. The molecule has 0 aliphatic carbocycles. The number of morpholine rings is 1. The zero-order valence-electron chi connectivity index (χ0n) is 15.3. The topological polar surface area (TPSA) is 89.3 Å². The highest BCUT2D eigenvalue weighted by atomic mass is 32.1. The molecule has 3 heterocycles. The number of hydrogen-bond donors (Lipinski definition) is 1. The van der Waals surface area contributed by atoms with E-state index in [2.05, 4.69) is 20.2 Å². The number of anilines is 1. The molecule has 0 atom stereocenters. The summed E-state index contributed by atoms with van der Waals surface area (Å²) in [6, 6.07) is 7.19. The average Bonchev–Trinajstić information content (AvgIpc) is 3.15. The van der Waals surface area contributed by atoms with Crippen LogP contribution in [0.1, 0.15) is 12.1 Å². The van der Waals surface area contributed by atoms with Gasteiger partial charge < -0.3 is 10.1 Å². The summed E-state index contributed by atoms with van der Waals surface area (Å²) in [4.78, 5) is 35.7. The quantitative estimate of drug-likeness (QED) is 0.679. The molecule has 28 heavy (non-hydrogen) atoms. The fourth-order valence-electron chi connectivity index (χ4n) is 3.09. The molecule has 3 aromatic rings. The first-order chi connectivity index (χ1) is 13.7. The number of nitrogens with one attached hydrogen (secondary N) is 1. The Morgan fingerprint density at radius 1 is 1.25 bits per heavy atom. The molecule has 0 saturated carbocycles. The molecule has 0 radical (unpaired) electrons. The van der Waals surface area contributed by atoms with Crippen molar-refractivity contribution in [1.82, 2.24) is 19.4 Å². The Morgan fingerprint density at radius 3 is 2.93 bits per heavy atom. The third-order valence-electron chi connectivity index (χ3n) is 4.60. The van der Waals surface area contributed by atoms with Gasteiger partial charge in [0.2, 0.25) is 5.91 Å². The highest BCUT2D eigenvalue weighted by Gasteiger charge is 2.13. The van der Waals surface area contributed by atoms with Crippen LogP contribution < -0.4 is 10.9 Å². The van der Waals surface area contributed by atoms with E-state index in [1.54, 1.807) is 18.2 Å². The van der Waals surface area contributed by atoms with Crippen LogP contribution in [0.25, 0.3) is 10.9 Å². The van der Waals surface area contributed by atoms with E-state index in [1.807, 2.05) is 11.4 Å². The summed E-state index contributed by atoms with van der Waals surface area (Å²) in [6.45, 7) is 4.32. The maximum Gasteiger partial charge on any atom is 0.261 e. The van der Waals surface area contributed by atoms with Crippen LogP contribution in [0.4, 0.5) is 5.13 Å². The number of ether oxygens (including phenoxy) is 1. The van der Waals surface area contributed by atoms with Crippen LogP contribution in [-0.2, 0) is 22.6 Å². The first kappa shape index (κ1) is 18.7. The van der Waals surface area contributed by atoms with E-state index in [0.717, 1.165) is 38.5 Å². The fourth-order valence-corrected chi connectivity index (χ4v) is 3.81. The van der Waals surface area contributed by atoms with Crippen LogP contribution >= 0.6 is 11.3 Å². The van der Waals surface area contributed by atoms with Crippen LogP contribution in [0, 0.1) is 0 Å².